The minimum atomic E-state index is -0.153. The third kappa shape index (κ3) is 4.05. The van der Waals surface area contributed by atoms with E-state index in [-0.39, 0.29) is 18.1 Å². The highest BCUT2D eigenvalue weighted by molar-refractivity contribution is 5.95. The SMILES string of the molecule is CCCCc1ccc(NC(=O)C2CC(OC)CN2)cc1. The van der Waals surface area contributed by atoms with Gasteiger partial charge in [-0.2, -0.15) is 0 Å². The maximum absolute atomic E-state index is 12.1. The zero-order valence-electron chi connectivity index (χ0n) is 12.3. The lowest BCUT2D eigenvalue weighted by atomic mass is 10.1. The largest absolute Gasteiger partial charge is 0.380 e. The van der Waals surface area contributed by atoms with Crippen molar-refractivity contribution >= 4 is 11.6 Å². The molecule has 0 aromatic heterocycles. The Kier molecular flexibility index (Phi) is 5.56. The Labute approximate surface area is 120 Å². The minimum absolute atomic E-state index is 0.0193. The molecule has 1 saturated heterocycles. The van der Waals surface area contributed by atoms with Crippen LogP contribution >= 0.6 is 0 Å². The molecule has 1 aliphatic rings. The van der Waals surface area contributed by atoms with Crippen molar-refractivity contribution in [2.45, 2.75) is 44.8 Å². The lowest BCUT2D eigenvalue weighted by Crippen LogP contribution is -2.35. The molecule has 0 bridgehead atoms. The van der Waals surface area contributed by atoms with Gasteiger partial charge >= 0.3 is 0 Å². The Hall–Kier alpha value is -1.39. The van der Waals surface area contributed by atoms with Crippen LogP contribution in [-0.2, 0) is 16.0 Å². The van der Waals surface area contributed by atoms with E-state index in [0.717, 1.165) is 25.1 Å². The lowest BCUT2D eigenvalue weighted by Gasteiger charge is -2.11. The van der Waals surface area contributed by atoms with Crippen LogP contribution in [0.5, 0.6) is 0 Å². The van der Waals surface area contributed by atoms with Gasteiger partial charge in [-0.25, -0.2) is 0 Å². The first-order valence-corrected chi connectivity index (χ1v) is 7.39. The third-order valence-electron chi connectivity index (χ3n) is 3.78. The Bertz CT molecular complexity index is 431. The molecule has 2 unspecified atom stereocenters. The first kappa shape index (κ1) is 15.0. The van der Waals surface area contributed by atoms with E-state index < -0.39 is 0 Å². The van der Waals surface area contributed by atoms with Gasteiger partial charge in [-0.3, -0.25) is 4.79 Å². The van der Waals surface area contributed by atoms with Crippen molar-refractivity contribution < 1.29 is 9.53 Å². The molecule has 1 amide bonds. The maximum atomic E-state index is 12.1. The second-order valence-corrected chi connectivity index (χ2v) is 5.34. The van der Waals surface area contributed by atoms with E-state index in [4.69, 9.17) is 4.74 Å². The van der Waals surface area contributed by atoms with E-state index in [1.807, 2.05) is 12.1 Å². The molecular formula is C16H24N2O2. The fraction of sp³-hybridized carbons (Fsp3) is 0.562. The molecule has 2 rings (SSSR count). The van der Waals surface area contributed by atoms with Crippen molar-refractivity contribution in [3.05, 3.63) is 29.8 Å². The van der Waals surface area contributed by atoms with Gasteiger partial charge in [0.1, 0.15) is 0 Å². The van der Waals surface area contributed by atoms with Crippen LogP contribution in [0.4, 0.5) is 5.69 Å². The summed E-state index contributed by atoms with van der Waals surface area (Å²) in [6, 6.07) is 7.98. The van der Waals surface area contributed by atoms with Gasteiger partial charge in [0.05, 0.1) is 12.1 Å². The molecule has 0 aliphatic carbocycles. The van der Waals surface area contributed by atoms with E-state index in [1.165, 1.54) is 18.4 Å². The van der Waals surface area contributed by atoms with Crippen LogP contribution in [0.2, 0.25) is 0 Å². The van der Waals surface area contributed by atoms with Gasteiger partial charge in [-0.15, -0.1) is 0 Å². The number of methoxy groups -OCH3 is 1. The highest BCUT2D eigenvalue weighted by Crippen LogP contribution is 2.15. The standard InChI is InChI=1S/C16H24N2O2/c1-3-4-5-12-6-8-13(9-7-12)18-16(19)15-10-14(20-2)11-17-15/h6-9,14-15,17H,3-5,10-11H2,1-2H3,(H,18,19). The Morgan fingerprint density at radius 2 is 2.15 bits per heavy atom. The Morgan fingerprint density at radius 3 is 2.75 bits per heavy atom. The average molecular weight is 276 g/mol. The molecule has 4 heteroatoms. The number of carbonyl (C=O) groups is 1. The number of nitrogens with one attached hydrogen (secondary N) is 2. The quantitative estimate of drug-likeness (QED) is 0.838. The summed E-state index contributed by atoms with van der Waals surface area (Å²) < 4.78 is 5.25. The molecule has 1 aliphatic heterocycles. The van der Waals surface area contributed by atoms with Crippen molar-refractivity contribution in [1.82, 2.24) is 5.32 Å². The third-order valence-corrected chi connectivity index (χ3v) is 3.78. The molecule has 1 aromatic rings. The molecule has 2 N–H and O–H groups in total. The molecule has 2 atom stereocenters. The summed E-state index contributed by atoms with van der Waals surface area (Å²) in [6.07, 6.45) is 4.38. The zero-order valence-corrected chi connectivity index (χ0v) is 12.3. The highest BCUT2D eigenvalue weighted by atomic mass is 16.5. The number of unbranched alkanes of at least 4 members (excludes halogenated alkanes) is 1. The normalized spacial score (nSPS) is 21.9. The predicted octanol–water partition coefficient (Wildman–Crippen LogP) is 2.34. The van der Waals surface area contributed by atoms with E-state index >= 15 is 0 Å². The summed E-state index contributed by atoms with van der Waals surface area (Å²) in [5, 5.41) is 6.13. The van der Waals surface area contributed by atoms with Crippen LogP contribution < -0.4 is 10.6 Å². The number of carbonyl (C=O) groups excluding carboxylic acids is 1. The second kappa shape index (κ2) is 7.41. The van der Waals surface area contributed by atoms with Crippen LogP contribution in [0.1, 0.15) is 31.7 Å². The fourth-order valence-electron chi connectivity index (χ4n) is 2.45. The first-order chi connectivity index (χ1) is 9.72. The van der Waals surface area contributed by atoms with E-state index in [9.17, 15) is 4.79 Å². The van der Waals surface area contributed by atoms with E-state index in [1.54, 1.807) is 7.11 Å². The number of hydrogen-bond donors (Lipinski definition) is 2. The van der Waals surface area contributed by atoms with Crippen LogP contribution in [0.3, 0.4) is 0 Å². The summed E-state index contributed by atoms with van der Waals surface area (Å²) in [7, 11) is 1.68. The predicted molar refractivity (Wildman–Crippen MR) is 80.9 cm³/mol. The van der Waals surface area contributed by atoms with Gasteiger partial charge in [-0.05, 0) is 37.0 Å². The number of hydrogen-bond acceptors (Lipinski definition) is 3. The number of ether oxygens (including phenoxy) is 1. The van der Waals surface area contributed by atoms with Crippen molar-refractivity contribution in [2.24, 2.45) is 0 Å². The topological polar surface area (TPSA) is 50.4 Å². The number of rotatable bonds is 6. The Morgan fingerprint density at radius 1 is 1.40 bits per heavy atom. The minimum Gasteiger partial charge on any atom is -0.380 e. The van der Waals surface area contributed by atoms with Crippen molar-refractivity contribution in [1.29, 1.82) is 0 Å². The van der Waals surface area contributed by atoms with E-state index in [0.29, 0.717) is 0 Å². The Balaban J connectivity index is 1.85. The number of amides is 1. The van der Waals surface area contributed by atoms with Crippen LogP contribution in [0.15, 0.2) is 24.3 Å². The van der Waals surface area contributed by atoms with Crippen molar-refractivity contribution in [3.63, 3.8) is 0 Å². The number of aryl methyl sites for hydroxylation is 1. The summed E-state index contributed by atoms with van der Waals surface area (Å²) in [5.74, 6) is 0.0193. The van der Waals surface area contributed by atoms with Gasteiger partial charge < -0.3 is 15.4 Å². The molecule has 20 heavy (non-hydrogen) atoms. The van der Waals surface area contributed by atoms with Crippen LogP contribution in [-0.4, -0.2) is 31.7 Å². The van der Waals surface area contributed by atoms with Gasteiger partial charge in [0.25, 0.3) is 0 Å². The molecule has 4 nitrogen and oxygen atoms in total. The molecule has 0 spiro atoms. The molecular weight excluding hydrogens is 252 g/mol. The maximum Gasteiger partial charge on any atom is 0.241 e. The molecule has 110 valence electrons. The zero-order chi connectivity index (χ0) is 14.4. The number of anilines is 1. The monoisotopic (exact) mass is 276 g/mol. The second-order valence-electron chi connectivity index (χ2n) is 5.34. The first-order valence-electron chi connectivity index (χ1n) is 7.39. The smallest absolute Gasteiger partial charge is 0.241 e. The van der Waals surface area contributed by atoms with Gasteiger partial charge in [0.15, 0.2) is 0 Å². The molecule has 1 heterocycles. The lowest BCUT2D eigenvalue weighted by molar-refractivity contribution is -0.118. The van der Waals surface area contributed by atoms with Gasteiger partial charge in [0.2, 0.25) is 5.91 Å². The van der Waals surface area contributed by atoms with Gasteiger partial charge in [-0.1, -0.05) is 25.5 Å². The van der Waals surface area contributed by atoms with Crippen molar-refractivity contribution in [3.8, 4) is 0 Å². The van der Waals surface area contributed by atoms with Crippen molar-refractivity contribution in [2.75, 3.05) is 19.0 Å². The number of benzene rings is 1. The molecule has 0 saturated carbocycles. The molecule has 0 radical (unpaired) electrons. The van der Waals surface area contributed by atoms with Crippen LogP contribution in [0.25, 0.3) is 0 Å². The average Bonchev–Trinajstić information content (AvgIpc) is 2.95. The van der Waals surface area contributed by atoms with E-state index in [2.05, 4.69) is 29.7 Å². The summed E-state index contributed by atoms with van der Waals surface area (Å²) >= 11 is 0. The molecule has 1 fully saturated rings. The van der Waals surface area contributed by atoms with Gasteiger partial charge in [0, 0.05) is 19.3 Å². The highest BCUT2D eigenvalue weighted by Gasteiger charge is 2.29. The fourth-order valence-corrected chi connectivity index (χ4v) is 2.45. The van der Waals surface area contributed by atoms with Crippen LogP contribution in [0, 0.1) is 0 Å². The summed E-state index contributed by atoms with van der Waals surface area (Å²) in [4.78, 5) is 12.1. The summed E-state index contributed by atoms with van der Waals surface area (Å²) in [6.45, 7) is 2.93. The molecule has 1 aromatic carbocycles. The summed E-state index contributed by atoms with van der Waals surface area (Å²) in [5.41, 5.74) is 2.18.